The Hall–Kier alpha value is -0.313. The van der Waals surface area contributed by atoms with Crippen LogP contribution in [-0.2, 0) is 6.42 Å². The summed E-state index contributed by atoms with van der Waals surface area (Å²) in [5.74, 6) is 0.732. The summed E-state index contributed by atoms with van der Waals surface area (Å²) in [7, 11) is -1.01. The van der Waals surface area contributed by atoms with Gasteiger partial charge in [0.15, 0.2) is 0 Å². The van der Waals surface area contributed by atoms with Crippen LogP contribution in [0.25, 0.3) is 0 Å². The molecule has 0 aliphatic carbocycles. The van der Waals surface area contributed by atoms with Crippen LogP contribution >= 0.6 is 11.6 Å². The van der Waals surface area contributed by atoms with Crippen molar-refractivity contribution in [2.45, 2.75) is 39.0 Å². The van der Waals surface area contributed by atoms with Gasteiger partial charge in [0.2, 0.25) is 0 Å². The Morgan fingerprint density at radius 3 is 2.56 bits per heavy atom. The van der Waals surface area contributed by atoms with Crippen LogP contribution in [0.5, 0.6) is 0 Å². The predicted molar refractivity (Wildman–Crippen MR) is 85.3 cm³/mol. The molecule has 0 aliphatic heterocycles. The summed E-state index contributed by atoms with van der Waals surface area (Å²) >= 11 is 6.06. The zero-order valence-corrected chi connectivity index (χ0v) is 13.8. The highest BCUT2D eigenvalue weighted by molar-refractivity contribution is 6.76. The average Bonchev–Trinajstić information content (AvgIpc) is 2.24. The first-order chi connectivity index (χ1) is 8.40. The summed E-state index contributed by atoms with van der Waals surface area (Å²) in [5, 5.41) is 4.34. The Kier molecular flexibility index (Phi) is 6.40. The molecule has 0 fully saturated rings. The average molecular weight is 284 g/mol. The van der Waals surface area contributed by atoms with E-state index in [0.717, 1.165) is 30.5 Å². The molecule has 0 heterocycles. The number of hydrogen-bond acceptors (Lipinski definition) is 1. The van der Waals surface area contributed by atoms with Crippen LogP contribution in [0.2, 0.25) is 30.7 Å². The maximum atomic E-state index is 6.06. The summed E-state index contributed by atoms with van der Waals surface area (Å²) in [6.07, 6.45) is 1.14. The van der Waals surface area contributed by atoms with Gasteiger partial charge in [-0.1, -0.05) is 56.3 Å². The minimum Gasteiger partial charge on any atom is -0.317 e. The van der Waals surface area contributed by atoms with Gasteiger partial charge in [0.25, 0.3) is 0 Å². The van der Waals surface area contributed by atoms with E-state index in [1.54, 1.807) is 0 Å². The molecule has 0 radical (unpaired) electrons. The molecule has 0 spiro atoms. The second kappa shape index (κ2) is 7.32. The highest BCUT2D eigenvalue weighted by Crippen LogP contribution is 2.22. The fraction of sp³-hybridized carbons (Fsp3) is 0.600. The van der Waals surface area contributed by atoms with E-state index in [1.807, 2.05) is 6.07 Å². The molecule has 1 rings (SSSR count). The second-order valence-electron chi connectivity index (χ2n) is 6.27. The Bertz CT molecular complexity index is 360. The van der Waals surface area contributed by atoms with Crippen molar-refractivity contribution in [1.29, 1.82) is 0 Å². The molecule has 18 heavy (non-hydrogen) atoms. The van der Waals surface area contributed by atoms with Gasteiger partial charge >= 0.3 is 0 Å². The highest BCUT2D eigenvalue weighted by atomic mass is 35.5. The van der Waals surface area contributed by atoms with Crippen LogP contribution in [0.15, 0.2) is 24.3 Å². The Morgan fingerprint density at radius 2 is 2.00 bits per heavy atom. The van der Waals surface area contributed by atoms with Crippen molar-refractivity contribution in [3.05, 3.63) is 34.9 Å². The van der Waals surface area contributed by atoms with Gasteiger partial charge in [-0.3, -0.25) is 0 Å². The molecule has 0 saturated carbocycles. The van der Waals surface area contributed by atoms with Gasteiger partial charge in [-0.05, 0) is 43.1 Å². The molecule has 0 aromatic heterocycles. The monoisotopic (exact) mass is 283 g/mol. The highest BCUT2D eigenvalue weighted by Gasteiger charge is 2.20. The molecule has 0 bridgehead atoms. The first-order valence-corrected chi connectivity index (χ1v) is 10.9. The van der Waals surface area contributed by atoms with E-state index in [2.05, 4.69) is 50.1 Å². The molecule has 1 aromatic rings. The fourth-order valence-corrected chi connectivity index (χ4v) is 4.66. The number of nitrogens with one attached hydrogen (secondary N) is 1. The van der Waals surface area contributed by atoms with Crippen molar-refractivity contribution < 1.29 is 0 Å². The summed E-state index contributed by atoms with van der Waals surface area (Å²) < 4.78 is 0. The number of benzene rings is 1. The van der Waals surface area contributed by atoms with E-state index in [1.165, 1.54) is 11.6 Å². The molecule has 1 aromatic carbocycles. The van der Waals surface area contributed by atoms with Gasteiger partial charge in [-0.25, -0.2) is 0 Å². The van der Waals surface area contributed by atoms with Crippen molar-refractivity contribution >= 4 is 19.7 Å². The van der Waals surface area contributed by atoms with E-state index < -0.39 is 8.07 Å². The minimum absolute atomic E-state index is 0.732. The molecule has 1 nitrogen and oxygen atoms in total. The van der Waals surface area contributed by atoms with Gasteiger partial charge in [0, 0.05) is 13.1 Å². The standard InChI is InChI=1S/C15H26ClNSi/c1-5-17-11-14(12-18(2,3)4)9-13-7-6-8-15(16)10-13/h6-8,10,14,17H,5,9,11-12H2,1-4H3. The van der Waals surface area contributed by atoms with Crippen molar-refractivity contribution in [1.82, 2.24) is 5.32 Å². The Labute approximate surface area is 118 Å². The van der Waals surface area contributed by atoms with Gasteiger partial charge in [0.1, 0.15) is 0 Å². The third-order valence-corrected chi connectivity index (χ3v) is 5.03. The van der Waals surface area contributed by atoms with Crippen molar-refractivity contribution in [2.75, 3.05) is 13.1 Å². The van der Waals surface area contributed by atoms with E-state index in [4.69, 9.17) is 11.6 Å². The first kappa shape index (κ1) is 15.7. The van der Waals surface area contributed by atoms with E-state index in [9.17, 15) is 0 Å². The summed E-state index contributed by atoms with van der Waals surface area (Å²) in [6, 6.07) is 9.66. The maximum absolute atomic E-state index is 6.06. The van der Waals surface area contributed by atoms with E-state index >= 15 is 0 Å². The number of rotatable bonds is 7. The number of halogens is 1. The lowest BCUT2D eigenvalue weighted by molar-refractivity contribution is 0.515. The zero-order valence-electron chi connectivity index (χ0n) is 12.1. The third-order valence-electron chi connectivity index (χ3n) is 3.00. The largest absolute Gasteiger partial charge is 0.317 e. The van der Waals surface area contributed by atoms with Crippen molar-refractivity contribution in [3.63, 3.8) is 0 Å². The molecule has 1 atom stereocenters. The first-order valence-electron chi connectivity index (χ1n) is 6.86. The smallest absolute Gasteiger partial charge is 0.0446 e. The molecular formula is C15H26ClNSi. The quantitative estimate of drug-likeness (QED) is 0.729. The lowest BCUT2D eigenvalue weighted by Crippen LogP contribution is -2.31. The molecule has 1 unspecified atom stereocenters. The normalized spacial score (nSPS) is 13.6. The fourth-order valence-electron chi connectivity index (χ4n) is 2.43. The molecule has 1 N–H and O–H groups in total. The molecule has 0 amide bonds. The van der Waals surface area contributed by atoms with Crippen molar-refractivity contribution in [2.24, 2.45) is 5.92 Å². The number of hydrogen-bond donors (Lipinski definition) is 1. The maximum Gasteiger partial charge on any atom is 0.0446 e. The van der Waals surface area contributed by atoms with Crippen LogP contribution in [-0.4, -0.2) is 21.2 Å². The molecule has 3 heteroatoms. The molecular weight excluding hydrogens is 258 g/mol. The van der Waals surface area contributed by atoms with E-state index in [0.29, 0.717) is 0 Å². The van der Waals surface area contributed by atoms with Crippen LogP contribution < -0.4 is 5.32 Å². The van der Waals surface area contributed by atoms with Crippen molar-refractivity contribution in [3.8, 4) is 0 Å². The van der Waals surface area contributed by atoms with Gasteiger partial charge in [0.05, 0.1) is 0 Å². The topological polar surface area (TPSA) is 12.0 Å². The molecule has 0 saturated heterocycles. The predicted octanol–water partition coefficient (Wildman–Crippen LogP) is 4.45. The molecule has 0 aliphatic rings. The summed E-state index contributed by atoms with van der Waals surface area (Å²) in [5.41, 5.74) is 1.36. The van der Waals surface area contributed by atoms with Gasteiger partial charge in [-0.2, -0.15) is 0 Å². The minimum atomic E-state index is -1.01. The van der Waals surface area contributed by atoms with Crippen LogP contribution in [0.1, 0.15) is 12.5 Å². The third kappa shape index (κ3) is 6.57. The van der Waals surface area contributed by atoms with Gasteiger partial charge < -0.3 is 5.32 Å². The van der Waals surface area contributed by atoms with E-state index in [-0.39, 0.29) is 0 Å². The Morgan fingerprint density at radius 1 is 1.28 bits per heavy atom. The lowest BCUT2D eigenvalue weighted by atomic mass is 10.0. The van der Waals surface area contributed by atoms with Crippen LogP contribution in [0.4, 0.5) is 0 Å². The zero-order chi connectivity index (χ0) is 13.6. The summed E-state index contributed by atoms with van der Waals surface area (Å²) in [4.78, 5) is 0. The Balaban J connectivity index is 2.65. The molecule has 102 valence electrons. The van der Waals surface area contributed by atoms with Crippen LogP contribution in [0, 0.1) is 5.92 Å². The second-order valence-corrected chi connectivity index (χ2v) is 12.2. The SMILES string of the molecule is CCNCC(Cc1cccc(Cl)c1)C[Si](C)(C)C. The van der Waals surface area contributed by atoms with Crippen LogP contribution in [0.3, 0.4) is 0 Å². The summed E-state index contributed by atoms with van der Waals surface area (Å²) in [6.45, 7) is 11.7. The lowest BCUT2D eigenvalue weighted by Gasteiger charge is -2.25. The van der Waals surface area contributed by atoms with Gasteiger partial charge in [-0.15, -0.1) is 0 Å².